The van der Waals surface area contributed by atoms with E-state index < -0.39 is 0 Å². The summed E-state index contributed by atoms with van der Waals surface area (Å²) in [7, 11) is 0. The van der Waals surface area contributed by atoms with E-state index in [4.69, 9.17) is 4.84 Å². The van der Waals surface area contributed by atoms with Crippen LogP contribution in [0, 0.1) is 23.2 Å². The van der Waals surface area contributed by atoms with Crippen molar-refractivity contribution in [3.8, 4) is 0 Å². The zero-order valence-corrected chi connectivity index (χ0v) is 11.7. The van der Waals surface area contributed by atoms with Gasteiger partial charge in [-0.15, -0.1) is 0 Å². The van der Waals surface area contributed by atoms with Crippen molar-refractivity contribution < 1.29 is 9.63 Å². The first-order chi connectivity index (χ1) is 9.23. The van der Waals surface area contributed by atoms with Gasteiger partial charge >= 0.3 is 0 Å². The number of amides is 1. The topological polar surface area (TPSA) is 38.3 Å². The average Bonchev–Trinajstić information content (AvgIpc) is 2.87. The van der Waals surface area contributed by atoms with Crippen LogP contribution in [0.2, 0.25) is 0 Å². The molecule has 0 unspecified atom stereocenters. The second-order valence-electron chi connectivity index (χ2n) is 7.65. The minimum atomic E-state index is -0.0621. The Kier molecular flexibility index (Phi) is 2.87. The number of carbonyl (C=O) groups excluding carboxylic acids is 1. The van der Waals surface area contributed by atoms with Crippen molar-refractivity contribution in [3.63, 3.8) is 0 Å². The third-order valence-electron chi connectivity index (χ3n) is 6.14. The van der Waals surface area contributed by atoms with Crippen LogP contribution in [0.3, 0.4) is 0 Å². The summed E-state index contributed by atoms with van der Waals surface area (Å²) in [4.78, 5) is 18.3. The zero-order chi connectivity index (χ0) is 12.9. The Morgan fingerprint density at radius 3 is 2.00 bits per heavy atom. The first kappa shape index (κ1) is 12.2. The quantitative estimate of drug-likeness (QED) is 0.794. The highest BCUT2D eigenvalue weighted by Crippen LogP contribution is 2.60. The molecule has 0 aromatic heterocycles. The van der Waals surface area contributed by atoms with Crippen molar-refractivity contribution in [1.29, 1.82) is 0 Å². The van der Waals surface area contributed by atoms with Crippen molar-refractivity contribution in [2.24, 2.45) is 23.2 Å². The van der Waals surface area contributed by atoms with Crippen LogP contribution in [0.25, 0.3) is 0 Å². The Balaban J connectivity index is 1.41. The maximum Gasteiger partial charge on any atom is 0.249 e. The van der Waals surface area contributed by atoms with E-state index in [1.165, 1.54) is 32.1 Å². The maximum absolute atomic E-state index is 12.6. The van der Waals surface area contributed by atoms with Gasteiger partial charge in [-0.2, -0.15) is 0 Å². The Morgan fingerprint density at radius 2 is 1.47 bits per heavy atom. The molecule has 0 spiro atoms. The van der Waals surface area contributed by atoms with Crippen molar-refractivity contribution in [2.75, 3.05) is 0 Å². The lowest BCUT2D eigenvalue weighted by atomic mass is 9.49. The molecule has 0 atom stereocenters. The second-order valence-corrected chi connectivity index (χ2v) is 7.65. The van der Waals surface area contributed by atoms with E-state index in [-0.39, 0.29) is 17.4 Å². The first-order valence-electron chi connectivity index (χ1n) is 8.20. The molecule has 0 heterocycles. The Hall–Kier alpha value is -0.570. The predicted octanol–water partition coefficient (Wildman–Crippen LogP) is 3.19. The van der Waals surface area contributed by atoms with Crippen LogP contribution >= 0.6 is 0 Å². The van der Waals surface area contributed by atoms with Crippen molar-refractivity contribution in [1.82, 2.24) is 5.48 Å². The molecule has 4 bridgehead atoms. The van der Waals surface area contributed by atoms with Gasteiger partial charge in [0.2, 0.25) is 5.91 Å². The number of hydrogen-bond donors (Lipinski definition) is 1. The molecule has 1 amide bonds. The van der Waals surface area contributed by atoms with Crippen LogP contribution in [0.4, 0.5) is 0 Å². The summed E-state index contributed by atoms with van der Waals surface area (Å²) in [5.41, 5.74) is 2.78. The van der Waals surface area contributed by atoms with Crippen molar-refractivity contribution >= 4 is 5.91 Å². The third-order valence-corrected chi connectivity index (χ3v) is 6.14. The van der Waals surface area contributed by atoms with Gasteiger partial charge in [0.1, 0.15) is 0 Å². The molecule has 0 saturated heterocycles. The first-order valence-corrected chi connectivity index (χ1v) is 8.20. The molecule has 19 heavy (non-hydrogen) atoms. The van der Waals surface area contributed by atoms with Gasteiger partial charge in [-0.1, -0.05) is 12.8 Å². The summed E-state index contributed by atoms with van der Waals surface area (Å²) in [6.45, 7) is 0. The van der Waals surface area contributed by atoms with E-state index in [2.05, 4.69) is 5.48 Å². The lowest BCUT2D eigenvalue weighted by molar-refractivity contribution is -0.163. The van der Waals surface area contributed by atoms with Gasteiger partial charge in [-0.05, 0) is 69.1 Å². The molecule has 0 aromatic carbocycles. The molecule has 5 saturated carbocycles. The highest BCUT2D eigenvalue weighted by atomic mass is 16.7. The van der Waals surface area contributed by atoms with Crippen LogP contribution in [0.5, 0.6) is 0 Å². The van der Waals surface area contributed by atoms with Gasteiger partial charge in [0.25, 0.3) is 0 Å². The Morgan fingerprint density at radius 1 is 0.947 bits per heavy atom. The summed E-state index contributed by atoms with van der Waals surface area (Å²) < 4.78 is 0. The molecular weight excluding hydrogens is 238 g/mol. The summed E-state index contributed by atoms with van der Waals surface area (Å²) >= 11 is 0. The monoisotopic (exact) mass is 263 g/mol. The molecule has 0 aromatic rings. The molecule has 1 N–H and O–H groups in total. The lowest BCUT2D eigenvalue weighted by Crippen LogP contribution is -2.53. The number of hydrogen-bond acceptors (Lipinski definition) is 2. The molecule has 0 aliphatic heterocycles. The molecule has 5 aliphatic carbocycles. The largest absolute Gasteiger partial charge is 0.272 e. The molecule has 5 rings (SSSR count). The number of hydroxylamine groups is 1. The van der Waals surface area contributed by atoms with Crippen molar-refractivity contribution in [3.05, 3.63) is 0 Å². The Labute approximate surface area is 115 Å². The number of nitrogens with one attached hydrogen (secondary N) is 1. The minimum absolute atomic E-state index is 0.0621. The Bertz CT molecular complexity index is 338. The normalized spacial score (nSPS) is 44.7. The van der Waals surface area contributed by atoms with Gasteiger partial charge < -0.3 is 0 Å². The lowest BCUT2D eigenvalue weighted by Gasteiger charge is -2.55. The fraction of sp³-hybridized carbons (Fsp3) is 0.938. The summed E-state index contributed by atoms with van der Waals surface area (Å²) in [5.74, 6) is 2.67. The number of carbonyl (C=O) groups is 1. The van der Waals surface area contributed by atoms with E-state index in [9.17, 15) is 4.79 Å². The van der Waals surface area contributed by atoms with E-state index in [1.807, 2.05) is 0 Å². The van der Waals surface area contributed by atoms with Crippen LogP contribution in [0.15, 0.2) is 0 Å². The third kappa shape index (κ3) is 2.10. The van der Waals surface area contributed by atoms with Gasteiger partial charge in [-0.3, -0.25) is 9.63 Å². The highest BCUT2D eigenvalue weighted by Gasteiger charge is 2.54. The van der Waals surface area contributed by atoms with E-state index in [0.717, 1.165) is 49.9 Å². The maximum atomic E-state index is 12.6. The van der Waals surface area contributed by atoms with Crippen LogP contribution < -0.4 is 5.48 Å². The van der Waals surface area contributed by atoms with E-state index in [1.54, 1.807) is 0 Å². The van der Waals surface area contributed by atoms with E-state index in [0.29, 0.717) is 0 Å². The molecular formula is C16H25NO2. The average molecular weight is 263 g/mol. The van der Waals surface area contributed by atoms with E-state index >= 15 is 0 Å². The second kappa shape index (κ2) is 4.47. The molecule has 3 heteroatoms. The molecule has 106 valence electrons. The molecule has 5 fully saturated rings. The fourth-order valence-corrected chi connectivity index (χ4v) is 5.64. The smallest absolute Gasteiger partial charge is 0.249 e. The summed E-state index contributed by atoms with van der Waals surface area (Å²) in [6, 6.07) is 0. The zero-order valence-electron chi connectivity index (χ0n) is 11.7. The van der Waals surface area contributed by atoms with Gasteiger partial charge in [0.05, 0.1) is 11.5 Å². The highest BCUT2D eigenvalue weighted by molar-refractivity contribution is 5.82. The summed E-state index contributed by atoms with van der Waals surface area (Å²) in [6.07, 6.45) is 12.5. The van der Waals surface area contributed by atoms with Crippen LogP contribution in [0.1, 0.15) is 64.2 Å². The minimum Gasteiger partial charge on any atom is -0.272 e. The standard InChI is InChI=1S/C16H25NO2/c18-15(17-19-14-3-1-2-4-14)16-8-11-5-12(9-16)7-13(6-11)10-16/h11-14H,1-10H2,(H,17,18). The van der Waals surface area contributed by atoms with Crippen LogP contribution in [-0.2, 0) is 9.63 Å². The molecule has 5 aliphatic rings. The molecule has 0 radical (unpaired) electrons. The van der Waals surface area contributed by atoms with Gasteiger partial charge in [0.15, 0.2) is 0 Å². The fourth-order valence-electron chi connectivity index (χ4n) is 5.64. The van der Waals surface area contributed by atoms with Gasteiger partial charge in [-0.25, -0.2) is 5.48 Å². The van der Waals surface area contributed by atoms with Crippen molar-refractivity contribution in [2.45, 2.75) is 70.3 Å². The van der Waals surface area contributed by atoms with Crippen LogP contribution in [-0.4, -0.2) is 12.0 Å². The summed E-state index contributed by atoms with van der Waals surface area (Å²) in [5, 5.41) is 0. The molecule has 3 nitrogen and oxygen atoms in total. The van der Waals surface area contributed by atoms with Gasteiger partial charge in [0, 0.05) is 0 Å². The number of rotatable bonds is 3. The predicted molar refractivity (Wildman–Crippen MR) is 72.1 cm³/mol. The SMILES string of the molecule is O=C(NOC1CCCC1)C12CC3CC(CC(C3)C1)C2.